The summed E-state index contributed by atoms with van der Waals surface area (Å²) in [5, 5.41) is 17.9. The monoisotopic (exact) mass is 536 g/mol. The highest BCUT2D eigenvalue weighted by molar-refractivity contribution is 7.89. The number of sulfonamides is 1. The minimum atomic E-state index is -4.12. The standard InChI is InChI=1S/C27H28N4O6S/c1-17(32)28-21-11-13-24(14-12-21)38(36,37)31-25(26(33)34)15-18-5-7-19(8-6-18)20-3-2-4-23(16-20)30-27(35)29-22-9-10-22/h2-8,11-14,16,22,25,31H,9-10,15H2,1H3,(H,28,32)(H,33,34)(H2,29,30,35)/t25-/m0/s1. The van der Waals surface area contributed by atoms with E-state index in [1.807, 2.05) is 30.3 Å². The van der Waals surface area contributed by atoms with Crippen LogP contribution in [0.4, 0.5) is 16.2 Å². The Morgan fingerprint density at radius 3 is 2.18 bits per heavy atom. The molecule has 1 fully saturated rings. The maximum absolute atomic E-state index is 12.8. The van der Waals surface area contributed by atoms with Gasteiger partial charge in [0.05, 0.1) is 4.90 Å². The predicted molar refractivity (Wildman–Crippen MR) is 143 cm³/mol. The molecule has 0 aromatic heterocycles. The molecule has 198 valence electrons. The Bertz CT molecular complexity index is 1440. The molecule has 0 radical (unpaired) electrons. The topological polar surface area (TPSA) is 154 Å². The zero-order valence-electron chi connectivity index (χ0n) is 20.6. The lowest BCUT2D eigenvalue weighted by Gasteiger charge is -2.16. The van der Waals surface area contributed by atoms with Crippen LogP contribution in [-0.2, 0) is 26.0 Å². The van der Waals surface area contributed by atoms with Gasteiger partial charge in [-0.25, -0.2) is 13.2 Å². The molecule has 10 nitrogen and oxygen atoms in total. The third kappa shape index (κ3) is 7.40. The van der Waals surface area contributed by atoms with Gasteiger partial charge in [0.2, 0.25) is 15.9 Å². The summed E-state index contributed by atoms with van der Waals surface area (Å²) in [5.41, 5.74) is 3.41. The molecule has 0 aliphatic heterocycles. The van der Waals surface area contributed by atoms with Gasteiger partial charge in [-0.1, -0.05) is 36.4 Å². The fourth-order valence-electron chi connectivity index (χ4n) is 3.78. The maximum atomic E-state index is 12.8. The summed E-state index contributed by atoms with van der Waals surface area (Å²) in [7, 11) is -4.12. The first-order chi connectivity index (χ1) is 18.1. The Morgan fingerprint density at radius 2 is 1.58 bits per heavy atom. The van der Waals surface area contributed by atoms with Gasteiger partial charge in [-0.15, -0.1) is 0 Å². The summed E-state index contributed by atoms with van der Waals surface area (Å²) in [6.45, 7) is 1.33. The van der Waals surface area contributed by atoms with Crippen LogP contribution in [0.5, 0.6) is 0 Å². The summed E-state index contributed by atoms with van der Waals surface area (Å²) in [6.07, 6.45) is 1.93. The molecular formula is C27H28N4O6S. The van der Waals surface area contributed by atoms with Gasteiger partial charge in [0, 0.05) is 24.3 Å². The van der Waals surface area contributed by atoms with E-state index in [2.05, 4.69) is 20.7 Å². The first-order valence-corrected chi connectivity index (χ1v) is 13.5. The third-order valence-electron chi connectivity index (χ3n) is 5.84. The van der Waals surface area contributed by atoms with E-state index in [0.29, 0.717) is 16.9 Å². The Hall–Kier alpha value is -4.22. The van der Waals surface area contributed by atoms with Crippen LogP contribution < -0.4 is 20.7 Å². The van der Waals surface area contributed by atoms with Gasteiger partial charge in [0.25, 0.3) is 0 Å². The van der Waals surface area contributed by atoms with Crippen LogP contribution in [0.1, 0.15) is 25.3 Å². The molecule has 0 heterocycles. The lowest BCUT2D eigenvalue weighted by molar-refractivity contribution is -0.138. The number of aliphatic carboxylic acids is 1. The number of anilines is 2. The Kier molecular flexibility index (Phi) is 8.08. The van der Waals surface area contributed by atoms with Crippen molar-refractivity contribution in [2.45, 2.75) is 43.2 Å². The van der Waals surface area contributed by atoms with Crippen molar-refractivity contribution in [2.75, 3.05) is 10.6 Å². The van der Waals surface area contributed by atoms with Crippen molar-refractivity contribution in [1.29, 1.82) is 0 Å². The van der Waals surface area contributed by atoms with E-state index in [4.69, 9.17) is 0 Å². The van der Waals surface area contributed by atoms with E-state index in [9.17, 15) is 27.9 Å². The molecule has 1 aliphatic rings. The van der Waals surface area contributed by atoms with Crippen molar-refractivity contribution in [1.82, 2.24) is 10.0 Å². The maximum Gasteiger partial charge on any atom is 0.322 e. The van der Waals surface area contributed by atoms with Gasteiger partial charge in [0.15, 0.2) is 0 Å². The van der Waals surface area contributed by atoms with Gasteiger partial charge >= 0.3 is 12.0 Å². The van der Waals surface area contributed by atoms with E-state index in [1.165, 1.54) is 31.2 Å². The van der Waals surface area contributed by atoms with Crippen LogP contribution in [-0.4, -0.2) is 43.5 Å². The highest BCUT2D eigenvalue weighted by atomic mass is 32.2. The zero-order valence-corrected chi connectivity index (χ0v) is 21.4. The highest BCUT2D eigenvalue weighted by Gasteiger charge is 2.26. The Morgan fingerprint density at radius 1 is 0.895 bits per heavy atom. The number of amides is 3. The molecule has 1 aliphatic carbocycles. The number of carboxylic acids is 1. The molecule has 5 N–H and O–H groups in total. The van der Waals surface area contributed by atoms with E-state index in [-0.39, 0.29) is 29.3 Å². The molecule has 3 amide bonds. The molecule has 1 atom stereocenters. The second-order valence-corrected chi connectivity index (χ2v) is 10.8. The average Bonchev–Trinajstić information content (AvgIpc) is 3.68. The number of benzene rings is 3. The van der Waals surface area contributed by atoms with Crippen molar-refractivity contribution in [3.8, 4) is 11.1 Å². The molecule has 4 rings (SSSR count). The molecule has 0 unspecified atom stereocenters. The second-order valence-electron chi connectivity index (χ2n) is 9.07. The Labute approximate surface area is 220 Å². The molecule has 11 heteroatoms. The first kappa shape index (κ1) is 26.8. The van der Waals surface area contributed by atoms with E-state index >= 15 is 0 Å². The fourth-order valence-corrected chi connectivity index (χ4v) is 4.97. The third-order valence-corrected chi connectivity index (χ3v) is 7.33. The van der Waals surface area contributed by atoms with Crippen LogP contribution in [0.3, 0.4) is 0 Å². The highest BCUT2D eigenvalue weighted by Crippen LogP contribution is 2.24. The molecule has 3 aromatic carbocycles. The zero-order chi connectivity index (χ0) is 27.3. The van der Waals surface area contributed by atoms with Crippen molar-refractivity contribution >= 4 is 39.3 Å². The summed E-state index contributed by atoms with van der Waals surface area (Å²) in [4.78, 5) is 34.9. The van der Waals surface area contributed by atoms with E-state index in [1.54, 1.807) is 18.2 Å². The molecule has 0 spiro atoms. The van der Waals surface area contributed by atoms with Crippen molar-refractivity contribution in [3.63, 3.8) is 0 Å². The van der Waals surface area contributed by atoms with Crippen LogP contribution in [0.2, 0.25) is 0 Å². The minimum absolute atomic E-state index is 0.0677. The number of nitrogens with one attached hydrogen (secondary N) is 4. The number of carbonyl (C=O) groups is 3. The predicted octanol–water partition coefficient (Wildman–Crippen LogP) is 3.57. The molecular weight excluding hydrogens is 508 g/mol. The lowest BCUT2D eigenvalue weighted by atomic mass is 10.0. The normalized spacial score (nSPS) is 13.8. The van der Waals surface area contributed by atoms with Gasteiger partial charge in [-0.05, 0) is 72.4 Å². The number of carbonyl (C=O) groups excluding carboxylic acids is 2. The SMILES string of the molecule is CC(=O)Nc1ccc(S(=O)(=O)N[C@@H](Cc2ccc(-c3cccc(NC(=O)NC4CC4)c3)cc2)C(=O)O)cc1. The average molecular weight is 537 g/mol. The van der Waals surface area contributed by atoms with E-state index < -0.39 is 22.0 Å². The molecule has 38 heavy (non-hydrogen) atoms. The summed E-state index contributed by atoms with van der Waals surface area (Å²) >= 11 is 0. The minimum Gasteiger partial charge on any atom is -0.480 e. The summed E-state index contributed by atoms with van der Waals surface area (Å²) in [5.74, 6) is -1.60. The van der Waals surface area contributed by atoms with Crippen molar-refractivity contribution in [2.24, 2.45) is 0 Å². The molecule has 3 aromatic rings. The first-order valence-electron chi connectivity index (χ1n) is 12.0. The number of rotatable bonds is 10. The van der Waals surface area contributed by atoms with Crippen LogP contribution in [0.25, 0.3) is 11.1 Å². The van der Waals surface area contributed by atoms with Gasteiger partial charge in [0.1, 0.15) is 6.04 Å². The van der Waals surface area contributed by atoms with Crippen LogP contribution in [0.15, 0.2) is 77.7 Å². The Balaban J connectivity index is 1.42. The number of carboxylic acid groups (broad SMARTS) is 1. The lowest BCUT2D eigenvalue weighted by Crippen LogP contribution is -2.42. The van der Waals surface area contributed by atoms with E-state index in [0.717, 1.165) is 24.0 Å². The summed E-state index contributed by atoms with van der Waals surface area (Å²) in [6, 6.07) is 18.5. The molecule has 1 saturated carbocycles. The van der Waals surface area contributed by atoms with Gasteiger partial charge < -0.3 is 21.1 Å². The van der Waals surface area contributed by atoms with Crippen LogP contribution in [0, 0.1) is 0 Å². The molecule has 0 bridgehead atoms. The van der Waals surface area contributed by atoms with Crippen molar-refractivity contribution < 1.29 is 27.9 Å². The fraction of sp³-hybridized carbons (Fsp3) is 0.222. The van der Waals surface area contributed by atoms with Gasteiger partial charge in [-0.2, -0.15) is 4.72 Å². The number of urea groups is 1. The second kappa shape index (κ2) is 11.4. The molecule has 0 saturated heterocycles. The smallest absolute Gasteiger partial charge is 0.322 e. The largest absolute Gasteiger partial charge is 0.480 e. The van der Waals surface area contributed by atoms with Crippen molar-refractivity contribution in [3.05, 3.63) is 78.4 Å². The quantitative estimate of drug-likeness (QED) is 0.267. The van der Waals surface area contributed by atoms with Gasteiger partial charge in [-0.3, -0.25) is 9.59 Å². The summed E-state index contributed by atoms with van der Waals surface area (Å²) < 4.78 is 27.8. The number of hydrogen-bond acceptors (Lipinski definition) is 5. The number of hydrogen-bond donors (Lipinski definition) is 5. The van der Waals surface area contributed by atoms with Crippen LogP contribution >= 0.6 is 0 Å².